The minimum absolute atomic E-state index is 0.208. The van der Waals surface area contributed by atoms with Crippen LogP contribution in [0.15, 0.2) is 12.3 Å². The second-order valence-electron chi connectivity index (χ2n) is 10.2. The van der Waals surface area contributed by atoms with Crippen molar-refractivity contribution in [2.24, 2.45) is 17.3 Å². The van der Waals surface area contributed by atoms with Crippen LogP contribution in [0.5, 0.6) is 0 Å². The van der Waals surface area contributed by atoms with Crippen LogP contribution in [0.2, 0.25) is 0 Å². The summed E-state index contributed by atoms with van der Waals surface area (Å²) in [5.74, 6) is 3.12. The van der Waals surface area contributed by atoms with Crippen molar-refractivity contribution in [1.82, 2.24) is 14.9 Å². The van der Waals surface area contributed by atoms with Crippen LogP contribution in [0.1, 0.15) is 96.0 Å². The SMILES string of the molecule is CCC(C)c1nccc(C2CCN(C3CC4(CC(C(=O)C(C)C)C4)C3)CC2)n1. The third-order valence-corrected chi connectivity index (χ3v) is 7.88. The quantitative estimate of drug-likeness (QED) is 0.697. The van der Waals surface area contributed by atoms with Crippen molar-refractivity contribution in [3.05, 3.63) is 23.8 Å². The van der Waals surface area contributed by atoms with E-state index < -0.39 is 0 Å². The molecule has 0 radical (unpaired) electrons. The second kappa shape index (κ2) is 7.85. The average Bonchev–Trinajstić information content (AvgIpc) is 2.65. The van der Waals surface area contributed by atoms with E-state index in [1.165, 1.54) is 44.5 Å². The highest BCUT2D eigenvalue weighted by Gasteiger charge is 2.55. The summed E-state index contributed by atoms with van der Waals surface area (Å²) in [5.41, 5.74) is 1.78. The van der Waals surface area contributed by atoms with Crippen LogP contribution >= 0.6 is 0 Å². The third-order valence-electron chi connectivity index (χ3n) is 7.88. The summed E-state index contributed by atoms with van der Waals surface area (Å²) in [4.78, 5) is 24.3. The molecule has 0 aromatic carbocycles. The molecule has 1 unspecified atom stereocenters. The smallest absolute Gasteiger partial charge is 0.138 e. The lowest BCUT2D eigenvalue weighted by Gasteiger charge is -2.60. The number of hydrogen-bond donors (Lipinski definition) is 0. The maximum absolute atomic E-state index is 12.2. The fraction of sp³-hybridized carbons (Fsp3) is 0.792. The highest BCUT2D eigenvalue weighted by atomic mass is 16.1. The minimum atomic E-state index is 0.208. The van der Waals surface area contributed by atoms with Gasteiger partial charge in [0.05, 0.1) is 0 Å². The molecule has 4 nitrogen and oxygen atoms in total. The summed E-state index contributed by atoms with van der Waals surface area (Å²) >= 11 is 0. The van der Waals surface area contributed by atoms with Crippen molar-refractivity contribution in [3.63, 3.8) is 0 Å². The zero-order chi connectivity index (χ0) is 19.9. The van der Waals surface area contributed by atoms with Crippen molar-refractivity contribution >= 4 is 5.78 Å². The molecule has 1 atom stereocenters. The number of piperidine rings is 1. The first-order chi connectivity index (χ1) is 13.4. The number of ketones is 1. The molecule has 4 heteroatoms. The molecule has 1 aliphatic heterocycles. The van der Waals surface area contributed by atoms with Crippen molar-refractivity contribution in [2.75, 3.05) is 13.1 Å². The van der Waals surface area contributed by atoms with Gasteiger partial charge in [0.1, 0.15) is 11.6 Å². The van der Waals surface area contributed by atoms with E-state index in [2.05, 4.69) is 29.8 Å². The number of likely N-dealkylation sites (tertiary alicyclic amines) is 1. The zero-order valence-corrected chi connectivity index (χ0v) is 18.2. The van der Waals surface area contributed by atoms with Crippen LogP contribution in [0.25, 0.3) is 0 Å². The number of Topliss-reactive ketones (excluding diaryl/α,β-unsaturated/α-hetero) is 1. The molecule has 0 bridgehead atoms. The first-order valence-electron chi connectivity index (χ1n) is 11.5. The van der Waals surface area contributed by atoms with Crippen molar-refractivity contribution < 1.29 is 4.79 Å². The molecule has 1 saturated heterocycles. The van der Waals surface area contributed by atoms with Crippen LogP contribution in [-0.4, -0.2) is 39.8 Å². The molecule has 2 heterocycles. The van der Waals surface area contributed by atoms with Gasteiger partial charge in [0.2, 0.25) is 0 Å². The summed E-state index contributed by atoms with van der Waals surface area (Å²) in [6, 6.07) is 2.89. The van der Waals surface area contributed by atoms with E-state index in [-0.39, 0.29) is 5.92 Å². The summed E-state index contributed by atoms with van der Waals surface area (Å²) in [6.45, 7) is 10.9. The van der Waals surface area contributed by atoms with Crippen molar-refractivity contribution in [1.29, 1.82) is 0 Å². The normalized spacial score (nSPS) is 32.2. The summed E-state index contributed by atoms with van der Waals surface area (Å²) < 4.78 is 0. The molecule has 2 saturated carbocycles. The molecular formula is C24H37N3O. The third kappa shape index (κ3) is 3.77. The van der Waals surface area contributed by atoms with Gasteiger partial charge in [-0.1, -0.05) is 27.7 Å². The van der Waals surface area contributed by atoms with Gasteiger partial charge in [-0.25, -0.2) is 9.97 Å². The molecule has 0 N–H and O–H groups in total. The Kier molecular flexibility index (Phi) is 5.61. The Balaban J connectivity index is 1.25. The molecule has 4 rings (SSSR count). The van der Waals surface area contributed by atoms with Crippen molar-refractivity contribution in [2.45, 2.75) is 90.5 Å². The second-order valence-corrected chi connectivity index (χ2v) is 10.2. The van der Waals surface area contributed by atoms with Crippen LogP contribution in [0.4, 0.5) is 0 Å². The first-order valence-corrected chi connectivity index (χ1v) is 11.5. The van der Waals surface area contributed by atoms with E-state index in [0.717, 1.165) is 31.1 Å². The Morgan fingerprint density at radius 1 is 1.18 bits per heavy atom. The van der Waals surface area contributed by atoms with E-state index in [1.807, 2.05) is 20.0 Å². The molecule has 0 amide bonds. The molecule has 1 aromatic heterocycles. The Hall–Kier alpha value is -1.29. The van der Waals surface area contributed by atoms with Gasteiger partial charge in [-0.2, -0.15) is 0 Å². The van der Waals surface area contributed by atoms with Gasteiger partial charge in [0.25, 0.3) is 0 Å². The number of carbonyl (C=O) groups is 1. The lowest BCUT2D eigenvalue weighted by molar-refractivity contribution is -0.144. The number of nitrogens with zero attached hydrogens (tertiary/aromatic N) is 3. The Bertz CT molecular complexity index is 694. The van der Waals surface area contributed by atoms with Gasteiger partial charge in [-0.15, -0.1) is 0 Å². The van der Waals surface area contributed by atoms with E-state index in [1.54, 1.807) is 0 Å². The number of hydrogen-bond acceptors (Lipinski definition) is 4. The highest BCUT2D eigenvalue weighted by molar-refractivity contribution is 5.83. The maximum Gasteiger partial charge on any atom is 0.138 e. The Labute approximate surface area is 170 Å². The van der Waals surface area contributed by atoms with Crippen LogP contribution in [0, 0.1) is 17.3 Å². The fourth-order valence-electron chi connectivity index (χ4n) is 5.79. The summed E-state index contributed by atoms with van der Waals surface area (Å²) in [5, 5.41) is 0. The fourth-order valence-corrected chi connectivity index (χ4v) is 5.79. The van der Waals surface area contributed by atoms with Crippen LogP contribution in [-0.2, 0) is 4.79 Å². The molecule has 3 fully saturated rings. The monoisotopic (exact) mass is 383 g/mol. The lowest BCUT2D eigenvalue weighted by atomic mass is 9.48. The van der Waals surface area contributed by atoms with E-state index in [0.29, 0.717) is 29.0 Å². The standard InChI is InChI=1S/C24H37N3O/c1-5-17(4)23-25-9-6-21(26-23)18-7-10-27(11-8-18)20-14-24(15-20)12-19(13-24)22(28)16(2)3/h6,9,16-20H,5,7-8,10-15H2,1-4H3. The zero-order valence-electron chi connectivity index (χ0n) is 18.2. The summed E-state index contributed by atoms with van der Waals surface area (Å²) in [6.07, 6.45) is 10.5. The molecule has 28 heavy (non-hydrogen) atoms. The molecule has 1 spiro atoms. The average molecular weight is 384 g/mol. The van der Waals surface area contributed by atoms with Gasteiger partial charge < -0.3 is 4.90 Å². The van der Waals surface area contributed by atoms with Crippen LogP contribution in [0.3, 0.4) is 0 Å². The van der Waals surface area contributed by atoms with Gasteiger partial charge in [-0.3, -0.25) is 4.79 Å². The van der Waals surface area contributed by atoms with Gasteiger partial charge in [0, 0.05) is 41.6 Å². The van der Waals surface area contributed by atoms with Gasteiger partial charge in [-0.05, 0) is 69.5 Å². The van der Waals surface area contributed by atoms with Crippen LogP contribution < -0.4 is 0 Å². The Morgan fingerprint density at radius 2 is 1.86 bits per heavy atom. The minimum Gasteiger partial charge on any atom is -0.300 e. The maximum atomic E-state index is 12.2. The van der Waals surface area contributed by atoms with Crippen molar-refractivity contribution in [3.8, 4) is 0 Å². The number of rotatable bonds is 6. The molecule has 1 aromatic rings. The lowest BCUT2D eigenvalue weighted by Crippen LogP contribution is -2.58. The topological polar surface area (TPSA) is 46.1 Å². The Morgan fingerprint density at radius 3 is 2.46 bits per heavy atom. The van der Waals surface area contributed by atoms with E-state index >= 15 is 0 Å². The van der Waals surface area contributed by atoms with E-state index in [9.17, 15) is 4.79 Å². The van der Waals surface area contributed by atoms with Gasteiger partial charge >= 0.3 is 0 Å². The molecule has 154 valence electrons. The number of aromatic nitrogens is 2. The summed E-state index contributed by atoms with van der Waals surface area (Å²) in [7, 11) is 0. The largest absolute Gasteiger partial charge is 0.300 e. The molecule has 2 aliphatic carbocycles. The first kappa shape index (κ1) is 20.0. The van der Waals surface area contributed by atoms with Gasteiger partial charge in [0.15, 0.2) is 0 Å². The highest BCUT2D eigenvalue weighted by Crippen LogP contribution is 2.60. The molecule has 3 aliphatic rings. The predicted octanol–water partition coefficient (Wildman–Crippen LogP) is 4.95. The van der Waals surface area contributed by atoms with E-state index in [4.69, 9.17) is 4.98 Å². The number of carbonyl (C=O) groups excluding carboxylic acids is 1. The molecular weight excluding hydrogens is 346 g/mol. The predicted molar refractivity (Wildman–Crippen MR) is 112 cm³/mol.